The molecule has 0 atom stereocenters. The van der Waals surface area contributed by atoms with Gasteiger partial charge in [0.1, 0.15) is 5.82 Å². The number of rotatable bonds is 7. The van der Waals surface area contributed by atoms with Crippen molar-refractivity contribution in [2.24, 2.45) is 0 Å². The van der Waals surface area contributed by atoms with Crippen molar-refractivity contribution in [2.75, 3.05) is 0 Å². The molecule has 0 amide bonds. The molecule has 0 fully saturated rings. The Kier molecular flexibility index (Phi) is 9.07. The van der Waals surface area contributed by atoms with Gasteiger partial charge in [-0.15, -0.1) is 11.3 Å². The predicted octanol–water partition coefficient (Wildman–Crippen LogP) is 18.0. The maximum Gasteiger partial charge on any atom is 0.138 e. The Morgan fingerprint density at radius 2 is 0.754 bits per heavy atom. The van der Waals surface area contributed by atoms with E-state index in [2.05, 4.69) is 258 Å². The van der Waals surface area contributed by atoms with Crippen LogP contribution in [0.25, 0.3) is 131 Å². The van der Waals surface area contributed by atoms with Gasteiger partial charge in [0.05, 0.1) is 27.8 Å². The van der Waals surface area contributed by atoms with Crippen LogP contribution >= 0.6 is 11.3 Å². The highest BCUT2D eigenvalue weighted by molar-refractivity contribution is 7.25. The van der Waals surface area contributed by atoms with Crippen molar-refractivity contribution in [2.45, 2.75) is 0 Å². The summed E-state index contributed by atoms with van der Waals surface area (Å²) < 4.78 is 7.37. The molecule has 0 radical (unpaired) electrons. The fraction of sp³-hybridized carbons (Fsp3) is 0. The molecule has 0 bridgehead atoms. The molecular formula is C65H41N3S. The second kappa shape index (κ2) is 15.9. The van der Waals surface area contributed by atoms with E-state index in [9.17, 15) is 0 Å². The molecule has 0 N–H and O–H groups in total. The van der Waals surface area contributed by atoms with E-state index >= 15 is 0 Å². The number of hydrogen-bond acceptors (Lipinski definition) is 2. The predicted molar refractivity (Wildman–Crippen MR) is 293 cm³/mol. The standard InChI is InChI=1S/C65H41N3S/c1-3-13-42(14-4-1)43-25-27-44(28-26-43)45-15-11-16-50(37-45)58-21-12-24-65(66-58)68-60-34-30-46(48-32-36-64-57(40-48)54-20-8-10-23-63(54)69-64)38-55(60)56-39-47(31-35-61(56)68)49-29-33-53-52-19-7-9-22-59(52)67(62(53)41-49)51-17-5-2-6-18-51/h1-41H. The molecule has 322 valence electrons. The zero-order valence-electron chi connectivity index (χ0n) is 37.4. The van der Waals surface area contributed by atoms with Crippen molar-refractivity contribution >= 4 is 75.1 Å². The monoisotopic (exact) mass is 895 g/mol. The van der Waals surface area contributed by atoms with Crippen LogP contribution in [0.2, 0.25) is 0 Å². The third kappa shape index (κ3) is 6.60. The van der Waals surface area contributed by atoms with Gasteiger partial charge >= 0.3 is 0 Å². The SMILES string of the molecule is c1ccc(-c2ccc(-c3cccc(-c4cccc(-n5c6ccc(-c7ccc8sc9ccccc9c8c7)cc6c6cc(-c7ccc8c9ccccc9n(-c9ccccc9)c8c7)ccc65)n4)c3)cc2)cc1. The van der Waals surface area contributed by atoms with Crippen LogP contribution in [0.4, 0.5) is 0 Å². The lowest BCUT2D eigenvalue weighted by Crippen LogP contribution is -1.98. The molecular weight excluding hydrogens is 855 g/mol. The molecule has 14 aromatic rings. The minimum absolute atomic E-state index is 0.880. The van der Waals surface area contributed by atoms with Gasteiger partial charge in [-0.25, -0.2) is 4.98 Å². The zero-order valence-corrected chi connectivity index (χ0v) is 38.2. The van der Waals surface area contributed by atoms with Gasteiger partial charge in [-0.05, 0) is 129 Å². The Hall–Kier alpha value is -8.83. The largest absolute Gasteiger partial charge is 0.309 e. The molecule has 0 aliphatic heterocycles. The van der Waals surface area contributed by atoms with E-state index < -0.39 is 0 Å². The topological polar surface area (TPSA) is 22.8 Å². The average molecular weight is 896 g/mol. The number of para-hydroxylation sites is 2. The Morgan fingerprint density at radius 1 is 0.261 bits per heavy atom. The molecule has 4 heteroatoms. The number of thiophene rings is 1. The minimum atomic E-state index is 0.880. The van der Waals surface area contributed by atoms with Crippen molar-refractivity contribution in [1.82, 2.24) is 14.1 Å². The first-order valence-corrected chi connectivity index (χ1v) is 24.3. The summed E-state index contributed by atoms with van der Waals surface area (Å²) in [6, 6.07) is 90.5. The summed E-state index contributed by atoms with van der Waals surface area (Å²) in [5.41, 5.74) is 17.3. The van der Waals surface area contributed by atoms with Crippen LogP contribution in [-0.2, 0) is 0 Å². The first-order chi connectivity index (χ1) is 34.2. The van der Waals surface area contributed by atoms with Crippen molar-refractivity contribution in [1.29, 1.82) is 0 Å². The van der Waals surface area contributed by atoms with Crippen molar-refractivity contribution in [3.05, 3.63) is 249 Å². The van der Waals surface area contributed by atoms with E-state index in [4.69, 9.17) is 4.98 Å². The second-order valence-corrected chi connectivity index (χ2v) is 19.0. The molecule has 0 saturated heterocycles. The molecule has 0 spiro atoms. The van der Waals surface area contributed by atoms with Crippen LogP contribution < -0.4 is 0 Å². The Morgan fingerprint density at radius 3 is 1.52 bits per heavy atom. The van der Waals surface area contributed by atoms with Crippen molar-refractivity contribution in [3.8, 4) is 67.3 Å². The van der Waals surface area contributed by atoms with E-state index in [0.29, 0.717) is 0 Å². The van der Waals surface area contributed by atoms with Gasteiger partial charge in [-0.2, -0.15) is 0 Å². The van der Waals surface area contributed by atoms with Gasteiger partial charge in [0.15, 0.2) is 0 Å². The molecule has 0 aliphatic rings. The van der Waals surface area contributed by atoms with Crippen molar-refractivity contribution in [3.63, 3.8) is 0 Å². The summed E-state index contributed by atoms with van der Waals surface area (Å²) in [5, 5.41) is 7.48. The summed E-state index contributed by atoms with van der Waals surface area (Å²) in [6.07, 6.45) is 0. The first-order valence-electron chi connectivity index (χ1n) is 23.5. The molecule has 4 aromatic heterocycles. The third-order valence-electron chi connectivity index (χ3n) is 13.9. The molecule has 10 aromatic carbocycles. The van der Waals surface area contributed by atoms with Crippen molar-refractivity contribution < 1.29 is 0 Å². The molecule has 69 heavy (non-hydrogen) atoms. The Balaban J connectivity index is 0.919. The van der Waals surface area contributed by atoms with E-state index in [1.54, 1.807) is 0 Å². The second-order valence-electron chi connectivity index (χ2n) is 17.9. The van der Waals surface area contributed by atoms with Gasteiger partial charge in [0.25, 0.3) is 0 Å². The van der Waals surface area contributed by atoms with E-state index in [-0.39, 0.29) is 0 Å². The van der Waals surface area contributed by atoms with Crippen LogP contribution in [0.5, 0.6) is 0 Å². The number of benzene rings is 10. The third-order valence-corrected chi connectivity index (χ3v) is 15.1. The molecule has 0 unspecified atom stereocenters. The number of nitrogens with zero attached hydrogens (tertiary/aromatic N) is 3. The lowest BCUT2D eigenvalue weighted by atomic mass is 9.98. The lowest BCUT2D eigenvalue weighted by Gasteiger charge is -2.11. The number of hydrogen-bond donors (Lipinski definition) is 0. The Labute approximate surface area is 403 Å². The van der Waals surface area contributed by atoms with Gasteiger partial charge < -0.3 is 4.57 Å². The Bertz CT molecular complexity index is 4290. The van der Waals surface area contributed by atoms with Crippen LogP contribution in [0.1, 0.15) is 0 Å². The minimum Gasteiger partial charge on any atom is -0.309 e. The summed E-state index contributed by atoms with van der Waals surface area (Å²) in [5.74, 6) is 0.880. The first kappa shape index (κ1) is 39.3. The van der Waals surface area contributed by atoms with Gasteiger partial charge in [0.2, 0.25) is 0 Å². The summed E-state index contributed by atoms with van der Waals surface area (Å²) in [6.45, 7) is 0. The molecule has 0 aliphatic carbocycles. The van der Waals surface area contributed by atoms with Crippen LogP contribution in [0.15, 0.2) is 249 Å². The molecule has 0 saturated carbocycles. The molecule has 3 nitrogen and oxygen atoms in total. The smallest absolute Gasteiger partial charge is 0.138 e. The zero-order chi connectivity index (χ0) is 45.4. The number of aromatic nitrogens is 3. The highest BCUT2D eigenvalue weighted by atomic mass is 32.1. The van der Waals surface area contributed by atoms with Crippen LogP contribution in [0, 0.1) is 0 Å². The maximum absolute atomic E-state index is 5.45. The summed E-state index contributed by atoms with van der Waals surface area (Å²) in [4.78, 5) is 5.45. The number of pyridine rings is 1. The summed E-state index contributed by atoms with van der Waals surface area (Å²) >= 11 is 1.86. The highest BCUT2D eigenvalue weighted by Gasteiger charge is 2.19. The fourth-order valence-corrected chi connectivity index (χ4v) is 11.7. The highest BCUT2D eigenvalue weighted by Crippen LogP contribution is 2.41. The van der Waals surface area contributed by atoms with Gasteiger partial charge in [-0.3, -0.25) is 4.57 Å². The van der Waals surface area contributed by atoms with Crippen LogP contribution in [-0.4, -0.2) is 14.1 Å². The average Bonchev–Trinajstić information content (AvgIpc) is 4.08. The van der Waals surface area contributed by atoms with E-state index in [1.807, 2.05) is 11.3 Å². The van der Waals surface area contributed by atoms with Gasteiger partial charge in [-0.1, -0.05) is 164 Å². The van der Waals surface area contributed by atoms with E-state index in [0.717, 1.165) is 39.4 Å². The van der Waals surface area contributed by atoms with Gasteiger partial charge in [0, 0.05) is 53.0 Å². The number of fused-ring (bicyclic) bond motifs is 9. The van der Waals surface area contributed by atoms with Crippen LogP contribution in [0.3, 0.4) is 0 Å². The maximum atomic E-state index is 5.45. The summed E-state index contributed by atoms with van der Waals surface area (Å²) in [7, 11) is 0. The molecule has 14 rings (SSSR count). The van der Waals surface area contributed by atoms with E-state index in [1.165, 1.54) is 91.7 Å². The fourth-order valence-electron chi connectivity index (χ4n) is 10.6. The quantitative estimate of drug-likeness (QED) is 0.156. The normalized spacial score (nSPS) is 11.8. The molecule has 4 heterocycles. The lowest BCUT2D eigenvalue weighted by molar-refractivity contribution is 1.08.